The highest BCUT2D eigenvalue weighted by molar-refractivity contribution is 5.76. The average Bonchev–Trinajstić information content (AvgIpc) is 3.96. The molecule has 4 aliphatic rings. The standard InChI is InChI=1S/C40H60N4O11/c1-7-8-9-13-16-26(38-43-22-32(51-38)44(24-33(47)48-6)23-25-14-11-10-12-15-25)41-20-29-37-35(53-40(4,5)55-37)28(50-29)19-31(46)42-21-30-36-34(27(49-30)17-18-45)52-39(2,3)54-36/h10-12,14-15,22,26-30,34-37,41,45H,7-9,13,16-21,23-24H2,1-6H3,(H,42,46)/t26?,27-,28-,29+,30+,34-,35-,36+,37+/m0/s1. The third-order valence-corrected chi connectivity index (χ3v) is 10.6. The molecule has 55 heavy (non-hydrogen) atoms. The monoisotopic (exact) mass is 772 g/mol. The minimum atomic E-state index is -0.841. The molecule has 1 unspecified atom stereocenters. The van der Waals surface area contributed by atoms with Gasteiger partial charge in [0.25, 0.3) is 0 Å². The first kappa shape index (κ1) is 41.5. The lowest BCUT2D eigenvalue weighted by atomic mass is 10.0. The highest BCUT2D eigenvalue weighted by atomic mass is 16.8. The fourth-order valence-electron chi connectivity index (χ4n) is 8.03. The number of rotatable bonds is 20. The summed E-state index contributed by atoms with van der Waals surface area (Å²) in [4.78, 5) is 32.3. The van der Waals surface area contributed by atoms with Crippen molar-refractivity contribution in [1.82, 2.24) is 15.6 Å². The smallest absolute Gasteiger partial charge is 0.325 e. The Hall–Kier alpha value is -3.15. The van der Waals surface area contributed by atoms with Gasteiger partial charge in [-0.3, -0.25) is 9.59 Å². The van der Waals surface area contributed by atoms with E-state index in [1.165, 1.54) is 7.11 Å². The van der Waals surface area contributed by atoms with Crippen molar-refractivity contribution in [2.45, 2.75) is 153 Å². The van der Waals surface area contributed by atoms with Crippen LogP contribution in [0.25, 0.3) is 0 Å². The Morgan fingerprint density at radius 3 is 2.18 bits per heavy atom. The summed E-state index contributed by atoms with van der Waals surface area (Å²) in [6, 6.07) is 9.62. The molecule has 15 heteroatoms. The van der Waals surface area contributed by atoms with E-state index < -0.39 is 42.1 Å². The number of methoxy groups -OCH3 is 1. The van der Waals surface area contributed by atoms with Gasteiger partial charge in [0.2, 0.25) is 17.7 Å². The highest BCUT2D eigenvalue weighted by Crippen LogP contribution is 2.41. The fraction of sp³-hybridized carbons (Fsp3) is 0.725. The molecule has 0 radical (unpaired) electrons. The van der Waals surface area contributed by atoms with Gasteiger partial charge in [0.15, 0.2) is 11.6 Å². The number of carbonyl (C=O) groups excluding carboxylic acids is 2. The summed E-state index contributed by atoms with van der Waals surface area (Å²) in [5, 5.41) is 16.2. The second-order valence-corrected chi connectivity index (χ2v) is 15.8. The van der Waals surface area contributed by atoms with E-state index in [9.17, 15) is 14.7 Å². The summed E-state index contributed by atoms with van der Waals surface area (Å²) in [5.41, 5.74) is 1.02. The molecule has 0 aliphatic carbocycles. The van der Waals surface area contributed by atoms with Crippen LogP contribution >= 0.6 is 0 Å². The predicted octanol–water partition coefficient (Wildman–Crippen LogP) is 3.92. The normalized spacial score (nSPS) is 29.5. The summed E-state index contributed by atoms with van der Waals surface area (Å²) in [6.07, 6.45) is 4.04. The number of hydrogen-bond donors (Lipinski definition) is 3. The quantitative estimate of drug-likeness (QED) is 0.131. The topological polar surface area (TPSA) is 172 Å². The molecule has 306 valence electrons. The lowest BCUT2D eigenvalue weighted by molar-refractivity contribution is -0.189. The molecule has 6 rings (SSSR count). The van der Waals surface area contributed by atoms with Gasteiger partial charge in [0.1, 0.15) is 37.1 Å². The van der Waals surface area contributed by atoms with E-state index in [0.29, 0.717) is 31.3 Å². The number of aromatic nitrogens is 1. The average molecular weight is 773 g/mol. The van der Waals surface area contributed by atoms with Gasteiger partial charge in [0, 0.05) is 26.2 Å². The molecule has 2 aromatic rings. The zero-order valence-electron chi connectivity index (χ0n) is 33.1. The van der Waals surface area contributed by atoms with Crippen LogP contribution in [0.1, 0.15) is 97.1 Å². The van der Waals surface area contributed by atoms with E-state index in [4.69, 9.17) is 37.6 Å². The molecule has 5 heterocycles. The van der Waals surface area contributed by atoms with Crippen LogP contribution in [-0.4, -0.2) is 116 Å². The van der Waals surface area contributed by atoms with Crippen molar-refractivity contribution >= 4 is 17.8 Å². The SMILES string of the molecule is CCCCCCC(NC[C@H]1O[C@@H](CC(=O)NC[C@H]2O[C@@H](CCO)[C@@H]3OC(C)(C)O[C@@H]32)[C@@H]2OC(C)(C)O[C@@H]21)c1ncc(N(CC(=O)OC)Cc2ccccc2)o1. The van der Waals surface area contributed by atoms with Gasteiger partial charge in [-0.25, -0.2) is 4.98 Å². The number of esters is 1. The van der Waals surface area contributed by atoms with Gasteiger partial charge in [0.05, 0.1) is 44.1 Å². The van der Waals surface area contributed by atoms with Gasteiger partial charge in [-0.2, -0.15) is 0 Å². The summed E-state index contributed by atoms with van der Waals surface area (Å²) in [5.74, 6) is -1.21. The molecule has 0 bridgehead atoms. The number of fused-ring (bicyclic) bond motifs is 2. The van der Waals surface area contributed by atoms with E-state index in [1.807, 2.05) is 62.9 Å². The van der Waals surface area contributed by atoms with Crippen molar-refractivity contribution in [1.29, 1.82) is 0 Å². The number of oxazole rings is 1. The zero-order valence-corrected chi connectivity index (χ0v) is 33.1. The molecule has 15 nitrogen and oxygen atoms in total. The van der Waals surface area contributed by atoms with E-state index in [0.717, 1.165) is 37.7 Å². The number of aliphatic hydroxyl groups is 1. The van der Waals surface area contributed by atoms with Gasteiger partial charge in [-0.1, -0.05) is 62.9 Å². The lowest BCUT2D eigenvalue weighted by Gasteiger charge is -2.26. The van der Waals surface area contributed by atoms with Crippen molar-refractivity contribution in [3.8, 4) is 0 Å². The van der Waals surface area contributed by atoms with Crippen molar-refractivity contribution in [3.63, 3.8) is 0 Å². The van der Waals surface area contributed by atoms with Crippen molar-refractivity contribution in [2.24, 2.45) is 0 Å². The summed E-state index contributed by atoms with van der Waals surface area (Å²) in [6.45, 7) is 10.7. The maximum absolute atomic E-state index is 13.4. The molecule has 3 N–H and O–H groups in total. The van der Waals surface area contributed by atoms with Gasteiger partial charge >= 0.3 is 5.97 Å². The fourth-order valence-corrected chi connectivity index (χ4v) is 8.03. The number of anilines is 1. The number of hydrogen-bond acceptors (Lipinski definition) is 14. The number of benzene rings is 1. The summed E-state index contributed by atoms with van der Waals surface area (Å²) < 4.78 is 48.8. The Morgan fingerprint density at radius 1 is 0.891 bits per heavy atom. The Kier molecular flexibility index (Phi) is 13.9. The minimum Gasteiger partial charge on any atom is -0.468 e. The Balaban J connectivity index is 1.09. The predicted molar refractivity (Wildman–Crippen MR) is 200 cm³/mol. The van der Waals surface area contributed by atoms with Gasteiger partial charge in [-0.15, -0.1) is 0 Å². The Morgan fingerprint density at radius 2 is 1.53 bits per heavy atom. The first-order valence-corrected chi connectivity index (χ1v) is 19.8. The van der Waals surface area contributed by atoms with Crippen LogP contribution in [0.5, 0.6) is 0 Å². The largest absolute Gasteiger partial charge is 0.468 e. The van der Waals surface area contributed by atoms with Gasteiger partial charge < -0.3 is 58.2 Å². The first-order chi connectivity index (χ1) is 26.4. The van der Waals surface area contributed by atoms with Crippen LogP contribution in [-0.2, 0) is 49.3 Å². The molecular formula is C40H60N4O11. The number of aliphatic hydroxyl groups excluding tert-OH is 1. The van der Waals surface area contributed by atoms with E-state index in [1.54, 1.807) is 6.20 Å². The minimum absolute atomic E-state index is 0.00901. The number of unbranched alkanes of at least 4 members (excludes halogenated alkanes) is 3. The zero-order chi connectivity index (χ0) is 39.2. The second-order valence-electron chi connectivity index (χ2n) is 15.8. The maximum atomic E-state index is 13.4. The van der Waals surface area contributed by atoms with Gasteiger partial charge in [-0.05, 0) is 46.1 Å². The highest BCUT2D eigenvalue weighted by Gasteiger charge is 2.56. The molecule has 0 spiro atoms. The number of nitrogens with one attached hydrogen (secondary N) is 2. The number of ether oxygens (including phenoxy) is 7. The van der Waals surface area contributed by atoms with Crippen LogP contribution in [0.4, 0.5) is 5.88 Å². The first-order valence-electron chi connectivity index (χ1n) is 19.8. The molecule has 4 fully saturated rings. The van der Waals surface area contributed by atoms with Crippen molar-refractivity contribution in [3.05, 3.63) is 48.0 Å². The molecule has 1 aromatic carbocycles. The van der Waals surface area contributed by atoms with E-state index >= 15 is 0 Å². The van der Waals surface area contributed by atoms with Crippen LogP contribution in [0, 0.1) is 0 Å². The lowest BCUT2D eigenvalue weighted by Crippen LogP contribution is -2.41. The third kappa shape index (κ3) is 10.6. The molecule has 1 aromatic heterocycles. The molecule has 4 saturated heterocycles. The van der Waals surface area contributed by atoms with E-state index in [2.05, 4.69) is 22.5 Å². The van der Waals surface area contributed by atoms with Crippen LogP contribution in [0.15, 0.2) is 40.9 Å². The molecule has 9 atom stereocenters. The van der Waals surface area contributed by atoms with Crippen molar-refractivity contribution < 1.29 is 52.3 Å². The Labute approximate surface area is 324 Å². The van der Waals surface area contributed by atoms with Crippen molar-refractivity contribution in [2.75, 3.05) is 38.3 Å². The number of amides is 1. The molecular weight excluding hydrogens is 712 g/mol. The van der Waals surface area contributed by atoms with Crippen LogP contribution < -0.4 is 15.5 Å². The Bertz CT molecular complexity index is 1540. The summed E-state index contributed by atoms with van der Waals surface area (Å²) >= 11 is 0. The molecule has 4 aliphatic heterocycles. The summed E-state index contributed by atoms with van der Waals surface area (Å²) in [7, 11) is 1.37. The second kappa shape index (κ2) is 18.4. The van der Waals surface area contributed by atoms with Crippen LogP contribution in [0.3, 0.4) is 0 Å². The third-order valence-electron chi connectivity index (χ3n) is 10.6. The number of carbonyl (C=O) groups is 2. The molecule has 0 saturated carbocycles. The maximum Gasteiger partial charge on any atom is 0.325 e. The van der Waals surface area contributed by atoms with Crippen LogP contribution in [0.2, 0.25) is 0 Å². The van der Waals surface area contributed by atoms with E-state index in [-0.39, 0.29) is 62.3 Å². The molecule has 1 amide bonds. The number of nitrogens with zero attached hydrogens (tertiary/aromatic N) is 2.